The van der Waals surface area contributed by atoms with E-state index in [1.165, 1.54) is 11.9 Å². The first-order valence-electron chi connectivity index (χ1n) is 11.0. The average molecular weight is 469 g/mol. The molecule has 1 unspecified atom stereocenters. The largest absolute Gasteiger partial charge is 0.444 e. The van der Waals surface area contributed by atoms with Gasteiger partial charge in [-0.05, 0) is 67.0 Å². The highest BCUT2D eigenvalue weighted by Crippen LogP contribution is 2.36. The van der Waals surface area contributed by atoms with Crippen molar-refractivity contribution in [1.29, 1.82) is 0 Å². The zero-order valence-electron chi connectivity index (χ0n) is 20.7. The maximum atomic E-state index is 13.4. The predicted molar refractivity (Wildman–Crippen MR) is 125 cm³/mol. The van der Waals surface area contributed by atoms with Crippen LogP contribution < -0.4 is 4.90 Å². The van der Waals surface area contributed by atoms with E-state index in [4.69, 9.17) is 9.84 Å². The van der Waals surface area contributed by atoms with Crippen LogP contribution in [-0.2, 0) is 4.74 Å². The molecule has 9 heteroatoms. The second kappa shape index (κ2) is 9.65. The van der Waals surface area contributed by atoms with Crippen molar-refractivity contribution in [3.05, 3.63) is 41.6 Å². The number of hydrogen-bond donors (Lipinski definition) is 0. The van der Waals surface area contributed by atoms with E-state index in [1.807, 2.05) is 42.2 Å². The van der Waals surface area contributed by atoms with Crippen molar-refractivity contribution >= 4 is 17.6 Å². The fourth-order valence-corrected chi connectivity index (χ4v) is 3.61. The summed E-state index contributed by atoms with van der Waals surface area (Å²) in [7, 11) is 1.80. The number of alkyl halides is 3. The summed E-state index contributed by atoms with van der Waals surface area (Å²) in [6.45, 7) is 12.1. The summed E-state index contributed by atoms with van der Waals surface area (Å²) >= 11 is 0. The number of anilines is 1. The van der Waals surface area contributed by atoms with Gasteiger partial charge in [-0.15, -0.1) is 0 Å². The molecule has 0 spiro atoms. The van der Waals surface area contributed by atoms with Gasteiger partial charge in [-0.2, -0.15) is 18.3 Å². The molecular weight excluding hydrogens is 433 g/mol. The molecule has 0 N–H and O–H groups in total. The van der Waals surface area contributed by atoms with Crippen molar-refractivity contribution in [3.63, 3.8) is 0 Å². The maximum absolute atomic E-state index is 13.4. The number of ether oxygens (including phenoxy) is 1. The first-order valence-corrected chi connectivity index (χ1v) is 11.0. The molecule has 1 aliphatic rings. The monoisotopic (exact) mass is 468 g/mol. The number of amidine groups is 1. The molecule has 1 atom stereocenters. The number of rotatable bonds is 5. The third kappa shape index (κ3) is 6.00. The zero-order chi connectivity index (χ0) is 25.2. The highest BCUT2D eigenvalue weighted by atomic mass is 19.4. The number of allylic oxidation sites excluding steroid dienone is 2. The molecule has 1 saturated heterocycles. The van der Waals surface area contributed by atoms with Gasteiger partial charge < -0.3 is 9.64 Å². The Morgan fingerprint density at radius 1 is 1.18 bits per heavy atom. The summed E-state index contributed by atoms with van der Waals surface area (Å²) < 4.78 is 45.7. The van der Waals surface area contributed by atoms with Crippen LogP contribution in [0.15, 0.2) is 46.7 Å². The number of likely N-dealkylation sites (tertiary alicyclic amines) is 1. The van der Waals surface area contributed by atoms with E-state index in [9.17, 15) is 18.0 Å². The lowest BCUT2D eigenvalue weighted by Gasteiger charge is -2.52. The van der Waals surface area contributed by atoms with Crippen molar-refractivity contribution in [2.45, 2.75) is 72.2 Å². The first kappa shape index (κ1) is 26.5. The average Bonchev–Trinajstić information content (AvgIpc) is 2.70. The third-order valence-electron chi connectivity index (χ3n) is 5.84. The number of hydrogen-bond acceptors (Lipinski definition) is 4. The van der Waals surface area contributed by atoms with Gasteiger partial charge in [0.25, 0.3) is 0 Å². The molecule has 33 heavy (non-hydrogen) atoms. The molecule has 0 saturated carbocycles. The number of para-hydroxylation sites is 1. The molecule has 2 rings (SSSR count). The smallest absolute Gasteiger partial charge is 0.414 e. The Bertz CT molecular complexity index is 907. The zero-order valence-corrected chi connectivity index (χ0v) is 20.7. The number of carbonyl (C=O) groups excluding carboxylic acids is 1. The summed E-state index contributed by atoms with van der Waals surface area (Å²) in [6.07, 6.45) is -4.34. The normalized spacial score (nSPS) is 20.1. The van der Waals surface area contributed by atoms with Crippen molar-refractivity contribution in [1.82, 2.24) is 9.91 Å². The fraction of sp³-hybridized carbons (Fsp3) is 0.583. The Kier molecular flexibility index (Phi) is 7.76. The number of nitrogens with zero attached hydrogens (tertiary/aromatic N) is 4. The summed E-state index contributed by atoms with van der Waals surface area (Å²) in [4.78, 5) is 16.3. The Hall–Kier alpha value is -2.71. The molecule has 6 nitrogen and oxygen atoms in total. The fourth-order valence-electron chi connectivity index (χ4n) is 3.61. The lowest BCUT2D eigenvalue weighted by atomic mass is 9.85. The quantitative estimate of drug-likeness (QED) is 0.302. The number of amides is 1. The Balaban J connectivity index is 2.58. The van der Waals surface area contributed by atoms with Gasteiger partial charge in [0.1, 0.15) is 11.1 Å². The highest BCUT2D eigenvalue weighted by Gasteiger charge is 2.51. The van der Waals surface area contributed by atoms with Crippen molar-refractivity contribution < 1.29 is 22.7 Å². The molecular formula is C24H35F3N4O2. The third-order valence-corrected chi connectivity index (χ3v) is 5.84. The molecule has 1 fully saturated rings. The van der Waals surface area contributed by atoms with E-state index in [0.29, 0.717) is 18.8 Å². The SMILES string of the molecule is CCN(N=C(N(C)c1ccccc1)C1(C)CCN1C(=O)OC(C)(C)C)C(C)=C(C)C(F)(F)F. The van der Waals surface area contributed by atoms with Crippen molar-refractivity contribution in [3.8, 4) is 0 Å². The number of hydrazone groups is 1. The summed E-state index contributed by atoms with van der Waals surface area (Å²) in [5.74, 6) is 0.460. The maximum Gasteiger partial charge on any atom is 0.414 e. The van der Waals surface area contributed by atoms with Crippen LogP contribution in [0.3, 0.4) is 0 Å². The standard InChI is InChI=1S/C24H35F3N4O2/c1-9-31(18(3)17(2)24(25,26)27)28-20(29(8)19-13-11-10-12-14-19)23(7)15-16-30(23)21(32)33-22(4,5)6/h10-14H,9,15-16H2,1-8H3. The molecule has 184 valence electrons. The van der Waals surface area contributed by atoms with Gasteiger partial charge in [0.2, 0.25) is 0 Å². The summed E-state index contributed by atoms with van der Waals surface area (Å²) in [5.41, 5.74) is -1.42. The van der Waals surface area contributed by atoms with Crippen LogP contribution in [0, 0.1) is 0 Å². The van der Waals surface area contributed by atoms with E-state index in [-0.39, 0.29) is 12.2 Å². The number of likely N-dealkylation sites (N-methyl/N-ethyl adjacent to an activating group) is 1. The Morgan fingerprint density at radius 3 is 2.18 bits per heavy atom. The molecule has 1 aromatic rings. The molecule has 0 radical (unpaired) electrons. The molecule has 1 aliphatic heterocycles. The molecule has 0 aromatic heterocycles. The lowest BCUT2D eigenvalue weighted by molar-refractivity contribution is -0.0934. The molecule has 1 amide bonds. The van der Waals surface area contributed by atoms with Gasteiger partial charge in [-0.1, -0.05) is 18.2 Å². The van der Waals surface area contributed by atoms with E-state index in [1.54, 1.807) is 39.6 Å². The van der Waals surface area contributed by atoms with Crippen LogP contribution >= 0.6 is 0 Å². The number of halogens is 3. The van der Waals surface area contributed by atoms with Crippen LogP contribution in [0.4, 0.5) is 23.7 Å². The van der Waals surface area contributed by atoms with Crippen LogP contribution in [0.2, 0.25) is 0 Å². The minimum absolute atomic E-state index is 0.00991. The van der Waals surface area contributed by atoms with Crippen molar-refractivity contribution in [2.24, 2.45) is 5.10 Å². The van der Waals surface area contributed by atoms with Crippen LogP contribution in [0.5, 0.6) is 0 Å². The van der Waals surface area contributed by atoms with Crippen molar-refractivity contribution in [2.75, 3.05) is 25.0 Å². The van der Waals surface area contributed by atoms with Gasteiger partial charge in [0.15, 0.2) is 5.84 Å². The summed E-state index contributed by atoms with van der Waals surface area (Å²) in [5, 5.41) is 6.04. The first-order chi connectivity index (χ1) is 15.1. The lowest BCUT2D eigenvalue weighted by Crippen LogP contribution is -2.68. The second-order valence-corrected chi connectivity index (χ2v) is 9.40. The minimum Gasteiger partial charge on any atom is -0.444 e. The Morgan fingerprint density at radius 2 is 1.76 bits per heavy atom. The highest BCUT2D eigenvalue weighted by molar-refractivity contribution is 6.06. The van der Waals surface area contributed by atoms with Crippen LogP contribution in [0.25, 0.3) is 0 Å². The number of carbonyl (C=O) groups is 1. The van der Waals surface area contributed by atoms with E-state index < -0.39 is 29.0 Å². The van der Waals surface area contributed by atoms with Gasteiger partial charge in [0.05, 0.1) is 5.57 Å². The van der Waals surface area contributed by atoms with Gasteiger partial charge in [-0.25, -0.2) is 4.79 Å². The molecule has 1 aromatic carbocycles. The topological polar surface area (TPSA) is 48.4 Å². The van der Waals surface area contributed by atoms with Crippen LogP contribution in [-0.4, -0.2) is 59.3 Å². The van der Waals surface area contributed by atoms with Gasteiger partial charge in [0, 0.05) is 31.5 Å². The minimum atomic E-state index is -4.46. The second-order valence-electron chi connectivity index (χ2n) is 9.40. The van der Waals surface area contributed by atoms with E-state index >= 15 is 0 Å². The van der Waals surface area contributed by atoms with Crippen LogP contribution in [0.1, 0.15) is 54.9 Å². The molecule has 0 aliphatic carbocycles. The van der Waals surface area contributed by atoms with Gasteiger partial charge in [-0.3, -0.25) is 9.91 Å². The molecule has 0 bridgehead atoms. The summed E-state index contributed by atoms with van der Waals surface area (Å²) in [6, 6.07) is 9.39. The predicted octanol–water partition coefficient (Wildman–Crippen LogP) is 6.01. The van der Waals surface area contributed by atoms with Gasteiger partial charge >= 0.3 is 12.3 Å². The molecule has 1 heterocycles. The Labute approximate surface area is 194 Å². The van der Waals surface area contributed by atoms with E-state index in [0.717, 1.165) is 12.6 Å². The number of benzene rings is 1. The van der Waals surface area contributed by atoms with E-state index in [2.05, 4.69) is 0 Å².